The molecule has 3 heteroatoms. The van der Waals surface area contributed by atoms with Crippen molar-refractivity contribution in [3.63, 3.8) is 0 Å². The maximum Gasteiger partial charge on any atom is 0.169 e. The number of aromatic amines is 1. The Morgan fingerprint density at radius 1 is 1.30 bits per heavy atom. The van der Waals surface area contributed by atoms with Gasteiger partial charge in [-0.1, -0.05) is 0 Å². The van der Waals surface area contributed by atoms with Gasteiger partial charge in [0.1, 0.15) is 6.61 Å². The van der Waals surface area contributed by atoms with Gasteiger partial charge < -0.3 is 9.72 Å². The third kappa shape index (κ3) is 2.91. The van der Waals surface area contributed by atoms with Crippen molar-refractivity contribution in [1.82, 2.24) is 4.98 Å². The summed E-state index contributed by atoms with van der Waals surface area (Å²) in [5.41, 5.74) is 0. The van der Waals surface area contributed by atoms with E-state index in [1.54, 1.807) is 0 Å². The molecule has 1 aliphatic rings. The first kappa shape index (κ1) is 6.86. The van der Waals surface area contributed by atoms with Crippen molar-refractivity contribution in [1.29, 1.82) is 0 Å². The average Bonchev–Trinajstić information content (AvgIpc) is 2.67. The Kier molecular flexibility index (Phi) is 3.17. The molecule has 0 spiro atoms. The van der Waals surface area contributed by atoms with Gasteiger partial charge in [0.2, 0.25) is 0 Å². The topological polar surface area (TPSA) is 37.4 Å². The summed E-state index contributed by atoms with van der Waals surface area (Å²) in [4.78, 5) is 6.60. The molecule has 0 fully saturated rings. The number of aliphatic imine (C=N–C) groups is 1. The molecule has 0 atom stereocenters. The zero-order chi connectivity index (χ0) is 7.07. The third-order valence-electron chi connectivity index (χ3n) is 0.983. The predicted molar refractivity (Wildman–Crippen MR) is 40.1 cm³/mol. The number of nitrogens with zero attached hydrogens (tertiary/aromatic N) is 1. The second-order valence-electron chi connectivity index (χ2n) is 1.77. The fourth-order valence-corrected chi connectivity index (χ4v) is 0.541. The first-order valence-electron chi connectivity index (χ1n) is 3.18. The van der Waals surface area contributed by atoms with Gasteiger partial charge >= 0.3 is 0 Å². The van der Waals surface area contributed by atoms with Crippen molar-refractivity contribution in [2.75, 3.05) is 13.2 Å². The lowest BCUT2D eigenvalue weighted by Crippen LogP contribution is -1.80. The minimum Gasteiger partial charge on any atom is -0.482 e. The average molecular weight is 138 g/mol. The first-order valence-corrected chi connectivity index (χ1v) is 3.18. The molecule has 0 aliphatic carbocycles. The molecule has 0 saturated carbocycles. The Bertz CT molecular complexity index is 147. The highest BCUT2D eigenvalue weighted by Crippen LogP contribution is 1.78. The van der Waals surface area contributed by atoms with Crippen LogP contribution in [0.15, 0.2) is 29.5 Å². The van der Waals surface area contributed by atoms with Gasteiger partial charge in [-0.25, -0.2) is 0 Å². The zero-order valence-corrected chi connectivity index (χ0v) is 5.66. The fraction of sp³-hybridized carbons (Fsp3) is 0.286. The molecular formula is C7H10N2O. The van der Waals surface area contributed by atoms with Crippen LogP contribution in [-0.4, -0.2) is 24.5 Å². The van der Waals surface area contributed by atoms with Gasteiger partial charge in [-0.2, -0.15) is 0 Å². The molecule has 1 aromatic heterocycles. The molecular weight excluding hydrogens is 128 g/mol. The molecule has 1 aliphatic heterocycles. The van der Waals surface area contributed by atoms with Crippen LogP contribution < -0.4 is 0 Å². The monoisotopic (exact) mass is 138 g/mol. The Balaban J connectivity index is 0.0000001000. The molecule has 0 aromatic carbocycles. The Morgan fingerprint density at radius 3 is 2.30 bits per heavy atom. The number of rotatable bonds is 0. The Morgan fingerprint density at radius 2 is 2.10 bits per heavy atom. The van der Waals surface area contributed by atoms with Gasteiger partial charge in [0.05, 0.1) is 6.54 Å². The van der Waals surface area contributed by atoms with E-state index < -0.39 is 0 Å². The Hall–Kier alpha value is -1.25. The summed E-state index contributed by atoms with van der Waals surface area (Å²) in [6.45, 7) is 1.62. The normalized spacial score (nSPS) is 13.6. The second-order valence-corrected chi connectivity index (χ2v) is 1.77. The summed E-state index contributed by atoms with van der Waals surface area (Å²) in [6.07, 6.45) is 5.24. The highest BCUT2D eigenvalue weighted by atomic mass is 16.5. The van der Waals surface area contributed by atoms with Crippen molar-refractivity contribution in [3.8, 4) is 0 Å². The van der Waals surface area contributed by atoms with E-state index in [9.17, 15) is 0 Å². The highest BCUT2D eigenvalue weighted by molar-refractivity contribution is 5.47. The Labute approximate surface area is 59.7 Å². The smallest absolute Gasteiger partial charge is 0.169 e. The largest absolute Gasteiger partial charge is 0.482 e. The highest BCUT2D eigenvalue weighted by Gasteiger charge is 1.84. The molecule has 0 bridgehead atoms. The van der Waals surface area contributed by atoms with E-state index >= 15 is 0 Å². The van der Waals surface area contributed by atoms with Crippen LogP contribution in [0.25, 0.3) is 0 Å². The van der Waals surface area contributed by atoms with Crippen LogP contribution in [0.3, 0.4) is 0 Å². The standard InChI is InChI=1S/C4H5N.C3H5NO/c1-2-4-5-3-1;1-2-5-3-4-1/h1-5H;3H,1-2H2. The summed E-state index contributed by atoms with van der Waals surface area (Å²) in [5, 5.41) is 0. The van der Waals surface area contributed by atoms with Gasteiger partial charge in [0.15, 0.2) is 6.40 Å². The lowest BCUT2D eigenvalue weighted by atomic mass is 10.7. The summed E-state index contributed by atoms with van der Waals surface area (Å²) >= 11 is 0. The van der Waals surface area contributed by atoms with Crippen LogP contribution in [-0.2, 0) is 4.74 Å². The van der Waals surface area contributed by atoms with Crippen LogP contribution in [0.2, 0.25) is 0 Å². The van der Waals surface area contributed by atoms with Gasteiger partial charge in [0, 0.05) is 12.4 Å². The molecule has 0 radical (unpaired) electrons. The van der Waals surface area contributed by atoms with Crippen molar-refractivity contribution in [2.24, 2.45) is 4.99 Å². The van der Waals surface area contributed by atoms with Crippen LogP contribution >= 0.6 is 0 Å². The molecule has 1 aromatic rings. The van der Waals surface area contributed by atoms with Crippen molar-refractivity contribution in [3.05, 3.63) is 24.5 Å². The molecule has 3 nitrogen and oxygen atoms in total. The zero-order valence-electron chi connectivity index (χ0n) is 5.66. The van der Waals surface area contributed by atoms with Crippen LogP contribution in [0, 0.1) is 0 Å². The summed E-state index contributed by atoms with van der Waals surface area (Å²) in [7, 11) is 0. The molecule has 54 valence electrons. The SMILES string of the molecule is C1=NCCO1.c1cc[nH]c1. The van der Waals surface area contributed by atoms with Crippen LogP contribution in [0.1, 0.15) is 0 Å². The van der Waals surface area contributed by atoms with E-state index in [1.165, 1.54) is 6.40 Å². The maximum atomic E-state index is 4.65. The molecule has 0 saturated heterocycles. The molecule has 2 heterocycles. The quantitative estimate of drug-likeness (QED) is 0.571. The van der Waals surface area contributed by atoms with E-state index in [0.29, 0.717) is 0 Å². The fourth-order valence-electron chi connectivity index (χ4n) is 0.541. The van der Waals surface area contributed by atoms with Gasteiger partial charge in [-0.3, -0.25) is 4.99 Å². The molecule has 2 rings (SSSR count). The number of nitrogens with one attached hydrogen (secondary N) is 1. The summed E-state index contributed by atoms with van der Waals surface area (Å²) < 4.78 is 4.65. The molecule has 10 heavy (non-hydrogen) atoms. The number of hydrogen-bond donors (Lipinski definition) is 1. The lowest BCUT2D eigenvalue weighted by molar-refractivity contribution is 0.361. The second kappa shape index (κ2) is 4.61. The van der Waals surface area contributed by atoms with E-state index in [-0.39, 0.29) is 0 Å². The van der Waals surface area contributed by atoms with Crippen molar-refractivity contribution >= 4 is 6.40 Å². The third-order valence-corrected chi connectivity index (χ3v) is 0.983. The summed E-state index contributed by atoms with van der Waals surface area (Å²) in [5.74, 6) is 0. The number of ether oxygens (including phenoxy) is 1. The predicted octanol–water partition coefficient (Wildman–Crippen LogP) is 1.06. The van der Waals surface area contributed by atoms with Crippen molar-refractivity contribution < 1.29 is 4.74 Å². The van der Waals surface area contributed by atoms with Crippen LogP contribution in [0.5, 0.6) is 0 Å². The number of hydrogen-bond acceptors (Lipinski definition) is 2. The molecule has 0 amide bonds. The van der Waals surface area contributed by atoms with E-state index in [1.807, 2.05) is 24.5 Å². The van der Waals surface area contributed by atoms with Crippen LogP contribution in [0.4, 0.5) is 0 Å². The van der Waals surface area contributed by atoms with Gasteiger partial charge in [-0.05, 0) is 12.1 Å². The van der Waals surface area contributed by atoms with Gasteiger partial charge in [0.25, 0.3) is 0 Å². The minimum absolute atomic E-state index is 0.778. The molecule has 1 N–H and O–H groups in total. The summed E-state index contributed by atoms with van der Waals surface area (Å²) in [6, 6.07) is 3.89. The first-order chi connectivity index (χ1) is 5.00. The minimum atomic E-state index is 0.778. The van der Waals surface area contributed by atoms with Crippen molar-refractivity contribution in [2.45, 2.75) is 0 Å². The van der Waals surface area contributed by atoms with E-state index in [4.69, 9.17) is 0 Å². The lowest BCUT2D eigenvalue weighted by Gasteiger charge is -1.76. The maximum absolute atomic E-state index is 4.65. The van der Waals surface area contributed by atoms with Gasteiger partial charge in [-0.15, -0.1) is 0 Å². The number of H-pyrrole nitrogens is 1. The number of aromatic nitrogens is 1. The molecule has 0 unspecified atom stereocenters. The van der Waals surface area contributed by atoms with E-state index in [2.05, 4.69) is 14.7 Å². The van der Waals surface area contributed by atoms with E-state index in [0.717, 1.165) is 13.2 Å².